The van der Waals surface area contributed by atoms with Crippen LogP contribution in [-0.2, 0) is 19.6 Å². The zero-order valence-electron chi connectivity index (χ0n) is 16.7. The average Bonchev–Trinajstić information content (AvgIpc) is 2.76. The van der Waals surface area contributed by atoms with Crippen LogP contribution in [0, 0.1) is 5.82 Å². The van der Waals surface area contributed by atoms with Crippen LogP contribution >= 0.6 is 11.6 Å². The number of nitrogens with one attached hydrogen (secondary N) is 2. The summed E-state index contributed by atoms with van der Waals surface area (Å²) in [6.07, 6.45) is 2.69. The maximum Gasteiger partial charge on any atom is 0.313 e. The van der Waals surface area contributed by atoms with Crippen LogP contribution < -0.4 is 10.6 Å². The summed E-state index contributed by atoms with van der Waals surface area (Å²) in [6.45, 7) is 0.543. The normalized spacial score (nSPS) is 17.2. The van der Waals surface area contributed by atoms with Crippen LogP contribution in [-0.4, -0.2) is 43.7 Å². The van der Waals surface area contributed by atoms with E-state index in [1.165, 1.54) is 52.8 Å². The fourth-order valence-electron chi connectivity index (χ4n) is 3.47. The molecule has 0 spiro atoms. The molecule has 0 radical (unpaired) electrons. The third-order valence-corrected chi connectivity index (χ3v) is 7.28. The number of carbonyl (C=O) groups is 2. The van der Waals surface area contributed by atoms with E-state index in [4.69, 9.17) is 11.6 Å². The van der Waals surface area contributed by atoms with E-state index >= 15 is 0 Å². The molecule has 166 valence electrons. The topological polar surface area (TPSA) is 95.6 Å². The van der Waals surface area contributed by atoms with Gasteiger partial charge in [0.05, 0.1) is 4.90 Å². The van der Waals surface area contributed by atoms with Gasteiger partial charge in [-0.1, -0.05) is 18.0 Å². The number of amides is 2. The van der Waals surface area contributed by atoms with Crippen molar-refractivity contribution in [3.8, 4) is 0 Å². The molecule has 1 saturated heterocycles. The Morgan fingerprint density at radius 1 is 1.03 bits per heavy atom. The van der Waals surface area contributed by atoms with Gasteiger partial charge < -0.3 is 10.6 Å². The van der Waals surface area contributed by atoms with Gasteiger partial charge in [-0.3, -0.25) is 9.59 Å². The van der Waals surface area contributed by atoms with Crippen molar-refractivity contribution < 1.29 is 22.4 Å². The fourth-order valence-corrected chi connectivity index (χ4v) is 5.32. The van der Waals surface area contributed by atoms with E-state index in [2.05, 4.69) is 10.6 Å². The van der Waals surface area contributed by atoms with Crippen LogP contribution in [0.15, 0.2) is 53.4 Å². The fraction of sp³-hybridized carbons (Fsp3) is 0.333. The Hall–Kier alpha value is -2.49. The van der Waals surface area contributed by atoms with Gasteiger partial charge in [-0.05, 0) is 67.8 Å². The van der Waals surface area contributed by atoms with Gasteiger partial charge in [0.1, 0.15) is 5.82 Å². The molecular weight excluding hydrogens is 445 g/mol. The molecule has 2 amide bonds. The molecule has 10 heteroatoms. The van der Waals surface area contributed by atoms with Crippen molar-refractivity contribution in [3.63, 3.8) is 0 Å². The zero-order valence-corrected chi connectivity index (χ0v) is 18.3. The molecule has 0 unspecified atom stereocenters. The van der Waals surface area contributed by atoms with Crippen molar-refractivity contribution in [1.29, 1.82) is 0 Å². The molecule has 31 heavy (non-hydrogen) atoms. The van der Waals surface area contributed by atoms with Crippen molar-refractivity contribution in [2.45, 2.75) is 36.6 Å². The number of anilines is 1. The highest BCUT2D eigenvalue weighted by Gasteiger charge is 2.33. The highest BCUT2D eigenvalue weighted by molar-refractivity contribution is 7.89. The molecule has 1 fully saturated rings. The van der Waals surface area contributed by atoms with Crippen molar-refractivity contribution >= 4 is 39.1 Å². The van der Waals surface area contributed by atoms with Crippen molar-refractivity contribution in [2.24, 2.45) is 0 Å². The molecule has 1 aliphatic heterocycles. The molecular formula is C21H23ClFN3O4S. The molecule has 1 atom stereocenters. The summed E-state index contributed by atoms with van der Waals surface area (Å²) in [4.78, 5) is 24.2. The van der Waals surface area contributed by atoms with Gasteiger partial charge in [-0.15, -0.1) is 0 Å². The highest BCUT2D eigenvalue weighted by Crippen LogP contribution is 2.27. The van der Waals surface area contributed by atoms with Crippen LogP contribution in [0.3, 0.4) is 0 Å². The van der Waals surface area contributed by atoms with E-state index in [0.29, 0.717) is 30.1 Å². The summed E-state index contributed by atoms with van der Waals surface area (Å²) in [5, 5.41) is 5.35. The predicted octanol–water partition coefficient (Wildman–Crippen LogP) is 3.17. The number of halogens is 2. The number of sulfonamides is 1. The van der Waals surface area contributed by atoms with Crippen LogP contribution in [0.25, 0.3) is 0 Å². The second kappa shape index (κ2) is 10.2. The monoisotopic (exact) mass is 467 g/mol. The molecule has 2 aromatic rings. The molecule has 7 nitrogen and oxygen atoms in total. The third-order valence-electron chi connectivity index (χ3n) is 5.06. The smallest absolute Gasteiger partial charge is 0.313 e. The highest BCUT2D eigenvalue weighted by atomic mass is 35.5. The summed E-state index contributed by atoms with van der Waals surface area (Å²) in [5.41, 5.74) is 0.300. The third kappa shape index (κ3) is 6.03. The second-order valence-electron chi connectivity index (χ2n) is 7.22. The Bertz CT molecular complexity index is 1030. The minimum absolute atomic E-state index is 0.146. The Balaban J connectivity index is 1.56. The number of nitrogens with zero attached hydrogens (tertiary/aromatic N) is 1. The van der Waals surface area contributed by atoms with Gasteiger partial charge in [0.2, 0.25) is 10.0 Å². The van der Waals surface area contributed by atoms with Gasteiger partial charge in [0.15, 0.2) is 0 Å². The summed E-state index contributed by atoms with van der Waals surface area (Å²) >= 11 is 5.86. The summed E-state index contributed by atoms with van der Waals surface area (Å²) in [7, 11) is -3.69. The largest absolute Gasteiger partial charge is 0.348 e. The Kier molecular flexibility index (Phi) is 7.64. The molecule has 1 heterocycles. The number of hydrogen-bond acceptors (Lipinski definition) is 4. The Morgan fingerprint density at radius 2 is 1.71 bits per heavy atom. The maximum atomic E-state index is 13.0. The van der Waals surface area contributed by atoms with Gasteiger partial charge in [-0.25, -0.2) is 12.8 Å². The number of benzene rings is 2. The minimum Gasteiger partial charge on any atom is -0.348 e. The quantitative estimate of drug-likeness (QED) is 0.638. The van der Waals surface area contributed by atoms with Crippen LogP contribution in [0.2, 0.25) is 5.02 Å². The predicted molar refractivity (Wildman–Crippen MR) is 116 cm³/mol. The molecule has 0 aromatic heterocycles. The van der Waals surface area contributed by atoms with Crippen LogP contribution in [0.5, 0.6) is 0 Å². The molecule has 0 saturated carbocycles. The summed E-state index contributed by atoms with van der Waals surface area (Å²) < 4.78 is 40.5. The first-order valence-electron chi connectivity index (χ1n) is 9.89. The summed E-state index contributed by atoms with van der Waals surface area (Å²) in [6, 6.07) is 10.8. The number of rotatable bonds is 6. The zero-order chi connectivity index (χ0) is 22.4. The minimum atomic E-state index is -3.69. The Morgan fingerprint density at radius 3 is 2.39 bits per heavy atom. The first-order valence-corrected chi connectivity index (χ1v) is 11.7. The van der Waals surface area contributed by atoms with Crippen molar-refractivity contribution in [1.82, 2.24) is 9.62 Å². The van der Waals surface area contributed by atoms with Crippen molar-refractivity contribution in [2.75, 3.05) is 18.4 Å². The Labute approximate surface area is 185 Å². The SMILES string of the molecule is O=C(NCC[C@H]1CCCCN1S(=O)(=O)c1ccc(Cl)cc1)C(=O)Nc1ccc(F)cc1. The lowest BCUT2D eigenvalue weighted by atomic mass is 10.0. The maximum absolute atomic E-state index is 13.0. The molecule has 0 bridgehead atoms. The van der Waals surface area contributed by atoms with Gasteiger partial charge >= 0.3 is 11.8 Å². The lowest BCUT2D eigenvalue weighted by Crippen LogP contribution is -2.45. The standard InChI is InChI=1S/C21H23ClFN3O4S/c22-15-4-10-19(11-5-15)31(29,30)26-14-2-1-3-18(26)12-13-24-20(27)21(28)25-17-8-6-16(23)7-9-17/h4-11,18H,1-3,12-14H2,(H,24,27)(H,25,28)/t18-/m1/s1. The first-order chi connectivity index (χ1) is 14.8. The van der Waals surface area contributed by atoms with Crippen LogP contribution in [0.1, 0.15) is 25.7 Å². The summed E-state index contributed by atoms with van der Waals surface area (Å²) in [5.74, 6) is -2.17. The van der Waals surface area contributed by atoms with Crippen LogP contribution in [0.4, 0.5) is 10.1 Å². The van der Waals surface area contributed by atoms with Gasteiger partial charge in [0, 0.05) is 29.8 Å². The lowest BCUT2D eigenvalue weighted by molar-refractivity contribution is -0.136. The lowest BCUT2D eigenvalue weighted by Gasteiger charge is -2.34. The first kappa shape index (κ1) is 23.2. The van der Waals surface area contributed by atoms with E-state index in [0.717, 1.165) is 12.8 Å². The van der Waals surface area contributed by atoms with Gasteiger partial charge in [0.25, 0.3) is 0 Å². The molecule has 2 N–H and O–H groups in total. The van der Waals surface area contributed by atoms with E-state index in [1.807, 2.05) is 0 Å². The number of hydrogen-bond donors (Lipinski definition) is 2. The molecule has 2 aromatic carbocycles. The number of carbonyl (C=O) groups excluding carboxylic acids is 2. The van der Waals surface area contributed by atoms with Gasteiger partial charge in [-0.2, -0.15) is 4.31 Å². The molecule has 0 aliphatic carbocycles. The average molecular weight is 468 g/mol. The van der Waals surface area contributed by atoms with E-state index < -0.39 is 27.7 Å². The van der Waals surface area contributed by atoms with Crippen molar-refractivity contribution in [3.05, 3.63) is 59.4 Å². The van der Waals surface area contributed by atoms with E-state index in [1.54, 1.807) is 0 Å². The van der Waals surface area contributed by atoms with E-state index in [9.17, 15) is 22.4 Å². The van der Waals surface area contributed by atoms with E-state index in [-0.39, 0.29) is 17.5 Å². The molecule has 3 rings (SSSR count). The number of piperidine rings is 1. The molecule has 1 aliphatic rings. The second-order valence-corrected chi connectivity index (χ2v) is 9.55.